The van der Waals surface area contributed by atoms with E-state index in [1.807, 2.05) is 5.38 Å². The minimum atomic E-state index is 0.116. The van der Waals surface area contributed by atoms with Crippen molar-refractivity contribution < 1.29 is 9.53 Å². The van der Waals surface area contributed by atoms with Crippen molar-refractivity contribution in [2.75, 3.05) is 33.4 Å². The second-order valence-corrected chi connectivity index (χ2v) is 4.50. The number of hydrogen-bond acceptors (Lipinski definition) is 4. The summed E-state index contributed by atoms with van der Waals surface area (Å²) in [6.45, 7) is 2.98. The molecule has 0 aliphatic carbocycles. The number of carbonyl (C=O) groups is 1. The molecule has 1 rings (SSSR count). The minimum Gasteiger partial charge on any atom is -0.383 e. The molecular weight excluding hydrogens is 236 g/mol. The van der Waals surface area contributed by atoms with Crippen LogP contribution in [0.2, 0.25) is 0 Å². The highest BCUT2D eigenvalue weighted by atomic mass is 32.1. The first-order valence-electron chi connectivity index (χ1n) is 5.80. The third-order valence-corrected chi connectivity index (χ3v) is 3.06. The average molecular weight is 256 g/mol. The molecule has 0 bridgehead atoms. The van der Waals surface area contributed by atoms with Crippen molar-refractivity contribution >= 4 is 17.2 Å². The molecule has 2 N–H and O–H groups in total. The lowest BCUT2D eigenvalue weighted by Crippen LogP contribution is -2.33. The summed E-state index contributed by atoms with van der Waals surface area (Å²) in [4.78, 5) is 11.5. The molecule has 0 unspecified atom stereocenters. The SMILES string of the molecule is COCCNCCNC(=O)CCc1ccsc1. The zero-order chi connectivity index (χ0) is 12.3. The van der Waals surface area contributed by atoms with Crippen molar-refractivity contribution in [2.45, 2.75) is 12.8 Å². The molecule has 0 aromatic carbocycles. The summed E-state index contributed by atoms with van der Waals surface area (Å²) in [5, 5.41) is 10.2. The van der Waals surface area contributed by atoms with E-state index >= 15 is 0 Å². The Hall–Kier alpha value is -0.910. The van der Waals surface area contributed by atoms with Crippen molar-refractivity contribution in [1.82, 2.24) is 10.6 Å². The Labute approximate surface area is 106 Å². The van der Waals surface area contributed by atoms with Crippen LogP contribution in [0, 0.1) is 0 Å². The number of methoxy groups -OCH3 is 1. The van der Waals surface area contributed by atoms with Gasteiger partial charge in [0.1, 0.15) is 0 Å². The molecule has 0 aliphatic heterocycles. The largest absolute Gasteiger partial charge is 0.383 e. The molecule has 96 valence electrons. The van der Waals surface area contributed by atoms with Gasteiger partial charge in [-0.2, -0.15) is 11.3 Å². The fourth-order valence-corrected chi connectivity index (χ4v) is 2.07. The Balaban J connectivity index is 1.94. The van der Waals surface area contributed by atoms with Crippen LogP contribution >= 0.6 is 11.3 Å². The van der Waals surface area contributed by atoms with E-state index in [0.29, 0.717) is 19.6 Å². The van der Waals surface area contributed by atoms with Crippen LogP contribution in [-0.4, -0.2) is 39.3 Å². The summed E-state index contributed by atoms with van der Waals surface area (Å²) < 4.78 is 4.90. The third-order valence-electron chi connectivity index (χ3n) is 2.33. The second-order valence-electron chi connectivity index (χ2n) is 3.72. The van der Waals surface area contributed by atoms with Crippen molar-refractivity contribution in [1.29, 1.82) is 0 Å². The lowest BCUT2D eigenvalue weighted by Gasteiger charge is -2.06. The van der Waals surface area contributed by atoms with Crippen LogP contribution in [0.1, 0.15) is 12.0 Å². The monoisotopic (exact) mass is 256 g/mol. The molecule has 17 heavy (non-hydrogen) atoms. The predicted octanol–water partition coefficient (Wildman–Crippen LogP) is 1.03. The van der Waals surface area contributed by atoms with E-state index in [0.717, 1.165) is 19.5 Å². The van der Waals surface area contributed by atoms with E-state index in [4.69, 9.17) is 4.74 Å². The molecule has 0 radical (unpaired) electrons. The van der Waals surface area contributed by atoms with Gasteiger partial charge < -0.3 is 15.4 Å². The molecule has 0 saturated carbocycles. The third kappa shape index (κ3) is 7.10. The van der Waals surface area contributed by atoms with Crippen LogP contribution < -0.4 is 10.6 Å². The summed E-state index contributed by atoms with van der Waals surface area (Å²) in [6, 6.07) is 2.06. The number of thiophene rings is 1. The smallest absolute Gasteiger partial charge is 0.220 e. The molecule has 1 aromatic heterocycles. The lowest BCUT2D eigenvalue weighted by molar-refractivity contribution is -0.121. The number of nitrogens with one attached hydrogen (secondary N) is 2. The summed E-state index contributed by atoms with van der Waals surface area (Å²) in [6.07, 6.45) is 1.39. The first-order valence-corrected chi connectivity index (χ1v) is 6.74. The molecule has 1 heterocycles. The Bertz CT molecular complexity index is 301. The summed E-state index contributed by atoms with van der Waals surface area (Å²) >= 11 is 1.67. The van der Waals surface area contributed by atoms with Crippen molar-refractivity contribution in [3.63, 3.8) is 0 Å². The van der Waals surface area contributed by atoms with Crippen molar-refractivity contribution in [3.05, 3.63) is 22.4 Å². The van der Waals surface area contributed by atoms with E-state index in [-0.39, 0.29) is 5.91 Å². The summed E-state index contributed by atoms with van der Waals surface area (Å²) in [5.41, 5.74) is 1.24. The average Bonchev–Trinajstić information content (AvgIpc) is 2.84. The first kappa shape index (κ1) is 14.2. The molecular formula is C12H20N2O2S. The van der Waals surface area contributed by atoms with Crippen LogP contribution in [0.25, 0.3) is 0 Å². The van der Waals surface area contributed by atoms with E-state index in [2.05, 4.69) is 22.1 Å². The van der Waals surface area contributed by atoms with Crippen LogP contribution in [0.5, 0.6) is 0 Å². The normalized spacial score (nSPS) is 10.4. The number of rotatable bonds is 9. The van der Waals surface area contributed by atoms with Crippen LogP contribution in [-0.2, 0) is 16.0 Å². The van der Waals surface area contributed by atoms with E-state index in [1.165, 1.54) is 5.56 Å². The molecule has 1 amide bonds. The van der Waals surface area contributed by atoms with Gasteiger partial charge in [0.2, 0.25) is 5.91 Å². The van der Waals surface area contributed by atoms with Crippen LogP contribution in [0.3, 0.4) is 0 Å². The quantitative estimate of drug-likeness (QED) is 0.649. The summed E-state index contributed by atoms with van der Waals surface area (Å²) in [5.74, 6) is 0.116. The molecule has 0 atom stereocenters. The highest BCUT2D eigenvalue weighted by Crippen LogP contribution is 2.07. The maximum atomic E-state index is 11.5. The zero-order valence-corrected chi connectivity index (χ0v) is 11.0. The van der Waals surface area contributed by atoms with Gasteiger partial charge in [-0.05, 0) is 28.8 Å². The molecule has 0 spiro atoms. The van der Waals surface area contributed by atoms with Gasteiger partial charge in [0.05, 0.1) is 6.61 Å². The van der Waals surface area contributed by atoms with E-state index in [1.54, 1.807) is 18.4 Å². The standard InChI is InChI=1S/C12H20N2O2S/c1-16-8-7-13-5-6-14-12(15)3-2-11-4-9-17-10-11/h4,9-10,13H,2-3,5-8H2,1H3,(H,14,15). The van der Waals surface area contributed by atoms with Gasteiger partial charge in [-0.3, -0.25) is 4.79 Å². The summed E-state index contributed by atoms with van der Waals surface area (Å²) in [7, 11) is 1.67. The van der Waals surface area contributed by atoms with Gasteiger partial charge in [0, 0.05) is 33.2 Å². The van der Waals surface area contributed by atoms with Crippen molar-refractivity contribution in [2.24, 2.45) is 0 Å². The molecule has 4 nitrogen and oxygen atoms in total. The Morgan fingerprint density at radius 3 is 3.00 bits per heavy atom. The van der Waals surface area contributed by atoms with E-state index < -0.39 is 0 Å². The van der Waals surface area contributed by atoms with Gasteiger partial charge in [-0.25, -0.2) is 0 Å². The van der Waals surface area contributed by atoms with Gasteiger partial charge in [0.15, 0.2) is 0 Å². The fourth-order valence-electron chi connectivity index (χ4n) is 1.37. The molecule has 0 fully saturated rings. The van der Waals surface area contributed by atoms with Crippen molar-refractivity contribution in [3.8, 4) is 0 Å². The molecule has 0 aliphatic rings. The number of hydrogen-bond donors (Lipinski definition) is 2. The molecule has 1 aromatic rings. The number of aryl methyl sites for hydroxylation is 1. The lowest BCUT2D eigenvalue weighted by atomic mass is 10.2. The van der Waals surface area contributed by atoms with Gasteiger partial charge >= 0.3 is 0 Å². The van der Waals surface area contributed by atoms with Crippen LogP contribution in [0.4, 0.5) is 0 Å². The molecule has 5 heteroatoms. The highest BCUT2D eigenvalue weighted by Gasteiger charge is 2.01. The van der Waals surface area contributed by atoms with Gasteiger partial charge in [-0.1, -0.05) is 0 Å². The predicted molar refractivity (Wildman–Crippen MR) is 70.4 cm³/mol. The Morgan fingerprint density at radius 2 is 2.29 bits per heavy atom. The Morgan fingerprint density at radius 1 is 1.41 bits per heavy atom. The fraction of sp³-hybridized carbons (Fsp3) is 0.583. The maximum absolute atomic E-state index is 11.5. The second kappa shape index (κ2) is 9.15. The number of carbonyl (C=O) groups excluding carboxylic acids is 1. The number of ether oxygens (including phenoxy) is 1. The van der Waals surface area contributed by atoms with Gasteiger partial charge in [0.25, 0.3) is 0 Å². The number of amides is 1. The van der Waals surface area contributed by atoms with E-state index in [9.17, 15) is 4.79 Å². The zero-order valence-electron chi connectivity index (χ0n) is 10.2. The van der Waals surface area contributed by atoms with Gasteiger partial charge in [-0.15, -0.1) is 0 Å². The highest BCUT2D eigenvalue weighted by molar-refractivity contribution is 7.07. The van der Waals surface area contributed by atoms with Crippen LogP contribution in [0.15, 0.2) is 16.8 Å². The Kier molecular flexibility index (Phi) is 7.62. The maximum Gasteiger partial charge on any atom is 0.220 e. The minimum absolute atomic E-state index is 0.116. The molecule has 0 saturated heterocycles. The first-order chi connectivity index (χ1) is 8.33. The topological polar surface area (TPSA) is 50.4 Å².